The van der Waals surface area contributed by atoms with Crippen LogP contribution in [0.5, 0.6) is 0 Å². The Morgan fingerprint density at radius 3 is 2.55 bits per heavy atom. The SMILES string of the molecule is CS/C=C/CNC(=O)c1cnc(N2CC3CC(C3)C2)cn1.Fc1ccccc1Cl. The summed E-state index contributed by atoms with van der Waals surface area (Å²) in [7, 11) is 0. The standard InChI is InChI=1S/C15H20N4OS.C6H4ClF/c1-21-4-2-3-16-15(20)13-7-18-14(8-17-13)19-9-11-5-12(6-11)10-19;7-5-3-1-2-4-6(5)8/h2,4,7-8,11-12H,3,5-6,9-10H2,1H3,(H,16,20);1-4H/b4-2+;. The molecule has 29 heavy (non-hydrogen) atoms. The number of aromatic nitrogens is 2. The zero-order valence-corrected chi connectivity index (χ0v) is 17.8. The highest BCUT2D eigenvalue weighted by Gasteiger charge is 2.37. The molecule has 1 aromatic carbocycles. The minimum absolute atomic E-state index is 0.174. The van der Waals surface area contributed by atoms with Gasteiger partial charge in [-0.15, -0.1) is 11.8 Å². The van der Waals surface area contributed by atoms with Gasteiger partial charge in [-0.05, 0) is 48.5 Å². The van der Waals surface area contributed by atoms with Crippen molar-refractivity contribution in [3.05, 3.63) is 64.7 Å². The summed E-state index contributed by atoms with van der Waals surface area (Å²) in [4.78, 5) is 22.8. The number of fused-ring (bicyclic) bond motifs is 2. The number of amides is 1. The van der Waals surface area contributed by atoms with Crippen LogP contribution in [-0.4, -0.2) is 41.8 Å². The van der Waals surface area contributed by atoms with Crippen LogP contribution in [0.1, 0.15) is 23.3 Å². The molecule has 154 valence electrons. The van der Waals surface area contributed by atoms with Gasteiger partial charge < -0.3 is 10.2 Å². The predicted octanol–water partition coefficient (Wildman–Crippen LogP) is 4.41. The van der Waals surface area contributed by atoms with Crippen molar-refractivity contribution in [1.29, 1.82) is 0 Å². The van der Waals surface area contributed by atoms with Gasteiger partial charge in [0.1, 0.15) is 17.3 Å². The van der Waals surface area contributed by atoms with Crippen LogP contribution in [0.2, 0.25) is 5.02 Å². The molecule has 0 radical (unpaired) electrons. The summed E-state index contributed by atoms with van der Waals surface area (Å²) in [5.74, 6) is 2.01. The van der Waals surface area contributed by atoms with Gasteiger partial charge in [0, 0.05) is 19.6 Å². The van der Waals surface area contributed by atoms with Crippen LogP contribution >= 0.6 is 23.4 Å². The number of rotatable bonds is 5. The van der Waals surface area contributed by atoms with Crippen LogP contribution in [0.3, 0.4) is 0 Å². The molecule has 5 rings (SSSR count). The van der Waals surface area contributed by atoms with Gasteiger partial charge in [-0.2, -0.15) is 0 Å². The number of piperidine rings is 2. The molecule has 1 N–H and O–H groups in total. The van der Waals surface area contributed by atoms with E-state index in [2.05, 4.69) is 20.2 Å². The second-order valence-corrected chi connectivity index (χ2v) is 8.25. The van der Waals surface area contributed by atoms with E-state index < -0.39 is 0 Å². The first-order valence-corrected chi connectivity index (χ1v) is 11.2. The Hall–Kier alpha value is -2.12. The first-order chi connectivity index (χ1) is 14.1. The third-order valence-electron chi connectivity index (χ3n) is 4.92. The highest BCUT2D eigenvalue weighted by molar-refractivity contribution is 8.01. The number of nitrogens with zero attached hydrogens (tertiary/aromatic N) is 3. The zero-order chi connectivity index (χ0) is 20.6. The van der Waals surface area contributed by atoms with Crippen molar-refractivity contribution < 1.29 is 9.18 Å². The number of hydrogen-bond acceptors (Lipinski definition) is 5. The Balaban J connectivity index is 0.000000252. The lowest BCUT2D eigenvalue weighted by Crippen LogP contribution is -2.49. The fourth-order valence-electron chi connectivity index (χ4n) is 3.48. The Morgan fingerprint density at radius 1 is 1.28 bits per heavy atom. The molecule has 2 saturated heterocycles. The van der Waals surface area contributed by atoms with Crippen LogP contribution in [0.25, 0.3) is 0 Å². The lowest BCUT2D eigenvalue weighted by Gasteiger charge is -2.47. The summed E-state index contributed by atoms with van der Waals surface area (Å²) >= 11 is 6.94. The quantitative estimate of drug-likeness (QED) is 0.755. The van der Waals surface area contributed by atoms with Crippen molar-refractivity contribution >= 4 is 35.1 Å². The number of benzene rings is 1. The fraction of sp³-hybridized carbons (Fsp3) is 0.381. The third kappa shape index (κ3) is 6.18. The van der Waals surface area contributed by atoms with Gasteiger partial charge in [0.2, 0.25) is 0 Å². The van der Waals surface area contributed by atoms with Crippen molar-refractivity contribution in [3.8, 4) is 0 Å². The van der Waals surface area contributed by atoms with Crippen molar-refractivity contribution in [3.63, 3.8) is 0 Å². The maximum absolute atomic E-state index is 12.2. The Kier molecular flexibility index (Phi) is 7.89. The van der Waals surface area contributed by atoms with Gasteiger partial charge in [-0.3, -0.25) is 4.79 Å². The van der Waals surface area contributed by atoms with E-state index in [1.807, 2.05) is 17.7 Å². The van der Waals surface area contributed by atoms with Crippen molar-refractivity contribution in [2.45, 2.75) is 12.8 Å². The number of halogens is 2. The van der Waals surface area contributed by atoms with E-state index in [1.165, 1.54) is 25.0 Å². The third-order valence-corrected chi connectivity index (χ3v) is 5.69. The smallest absolute Gasteiger partial charge is 0.271 e. The molecule has 0 spiro atoms. The maximum atomic E-state index is 12.2. The van der Waals surface area contributed by atoms with Crippen LogP contribution in [0.15, 0.2) is 48.1 Å². The normalized spacial score (nSPS) is 19.9. The molecule has 1 amide bonds. The molecule has 2 aliphatic heterocycles. The predicted molar refractivity (Wildman–Crippen MR) is 117 cm³/mol. The summed E-state index contributed by atoms with van der Waals surface area (Å²) < 4.78 is 12.2. The van der Waals surface area contributed by atoms with Gasteiger partial charge in [0.15, 0.2) is 0 Å². The molecule has 5 nitrogen and oxygen atoms in total. The highest BCUT2D eigenvalue weighted by atomic mass is 35.5. The first kappa shape index (κ1) is 21.6. The molecule has 3 heterocycles. The average molecular weight is 435 g/mol. The molecule has 1 aliphatic carbocycles. The summed E-state index contributed by atoms with van der Waals surface area (Å²) in [6, 6.07) is 6.12. The van der Waals surface area contributed by atoms with Gasteiger partial charge >= 0.3 is 0 Å². The van der Waals surface area contributed by atoms with Crippen molar-refractivity contribution in [2.75, 3.05) is 30.8 Å². The second kappa shape index (κ2) is 10.6. The summed E-state index contributed by atoms with van der Waals surface area (Å²) in [6.45, 7) is 2.67. The second-order valence-electron chi connectivity index (χ2n) is 7.10. The number of anilines is 1. The molecular weight excluding hydrogens is 411 g/mol. The van der Waals surface area contributed by atoms with Crippen LogP contribution < -0.4 is 10.2 Å². The van der Waals surface area contributed by atoms with E-state index in [4.69, 9.17) is 11.6 Å². The molecular formula is C21H24ClFN4OS. The molecule has 3 aliphatic rings. The van der Waals surface area contributed by atoms with Crippen molar-refractivity contribution in [2.24, 2.45) is 11.8 Å². The molecule has 0 atom stereocenters. The number of hydrogen-bond donors (Lipinski definition) is 1. The molecule has 0 unspecified atom stereocenters. The summed E-state index contributed by atoms with van der Waals surface area (Å²) in [5, 5.41) is 4.91. The first-order valence-electron chi connectivity index (χ1n) is 9.50. The maximum Gasteiger partial charge on any atom is 0.271 e. The highest BCUT2D eigenvalue weighted by Crippen LogP contribution is 2.40. The van der Waals surface area contributed by atoms with Gasteiger partial charge in [-0.1, -0.05) is 29.8 Å². The molecule has 3 fully saturated rings. The van der Waals surface area contributed by atoms with Gasteiger partial charge in [0.05, 0.1) is 17.4 Å². The Morgan fingerprint density at radius 2 is 2.00 bits per heavy atom. The van der Waals surface area contributed by atoms with Crippen LogP contribution in [0, 0.1) is 17.7 Å². The fourth-order valence-corrected chi connectivity index (χ4v) is 3.91. The lowest BCUT2D eigenvalue weighted by atomic mass is 9.71. The van der Waals surface area contributed by atoms with E-state index in [1.54, 1.807) is 36.3 Å². The largest absolute Gasteiger partial charge is 0.355 e. The zero-order valence-electron chi connectivity index (χ0n) is 16.2. The molecule has 2 aromatic rings. The minimum Gasteiger partial charge on any atom is -0.355 e. The number of carbonyl (C=O) groups is 1. The van der Waals surface area contributed by atoms with E-state index in [-0.39, 0.29) is 16.7 Å². The number of carbonyl (C=O) groups excluding carboxylic acids is 1. The van der Waals surface area contributed by atoms with E-state index >= 15 is 0 Å². The molecule has 2 bridgehead atoms. The van der Waals surface area contributed by atoms with Gasteiger partial charge in [0.25, 0.3) is 5.91 Å². The van der Waals surface area contributed by atoms with E-state index in [9.17, 15) is 9.18 Å². The van der Waals surface area contributed by atoms with Gasteiger partial charge in [-0.25, -0.2) is 14.4 Å². The van der Waals surface area contributed by atoms with Crippen LogP contribution in [0.4, 0.5) is 10.2 Å². The number of thioether (sulfide) groups is 1. The molecule has 8 heteroatoms. The average Bonchev–Trinajstić information content (AvgIpc) is 2.73. The van der Waals surface area contributed by atoms with Crippen molar-refractivity contribution in [1.82, 2.24) is 15.3 Å². The monoisotopic (exact) mass is 434 g/mol. The lowest BCUT2D eigenvalue weighted by molar-refractivity contribution is 0.0952. The Labute approximate surface area is 179 Å². The van der Waals surface area contributed by atoms with E-state index in [0.717, 1.165) is 30.7 Å². The van der Waals surface area contributed by atoms with E-state index in [0.29, 0.717) is 12.2 Å². The summed E-state index contributed by atoms with van der Waals surface area (Å²) in [6.07, 6.45) is 9.92. The molecule has 1 saturated carbocycles. The Bertz CT molecular complexity index is 812. The summed E-state index contributed by atoms with van der Waals surface area (Å²) in [5.41, 5.74) is 0.374. The number of nitrogens with one attached hydrogen (secondary N) is 1. The topological polar surface area (TPSA) is 58.1 Å². The van der Waals surface area contributed by atoms with Crippen LogP contribution in [-0.2, 0) is 0 Å². The minimum atomic E-state index is -0.367. The molecule has 1 aromatic heterocycles.